The maximum absolute atomic E-state index is 11.0. The van der Waals surface area contributed by atoms with Crippen LogP contribution >= 0.6 is 0 Å². The maximum atomic E-state index is 11.0. The number of nitrogens with one attached hydrogen (secondary N) is 2. The average molecular weight is 220 g/mol. The zero-order chi connectivity index (χ0) is 11.8. The summed E-state index contributed by atoms with van der Waals surface area (Å²) >= 11 is 0. The molecule has 0 aliphatic carbocycles. The van der Waals surface area contributed by atoms with Crippen LogP contribution in [0, 0.1) is 0 Å². The van der Waals surface area contributed by atoms with Gasteiger partial charge in [-0.15, -0.1) is 0 Å². The van der Waals surface area contributed by atoms with Crippen molar-refractivity contribution in [2.45, 2.75) is 26.3 Å². The third kappa shape index (κ3) is 4.45. The molecule has 0 aliphatic heterocycles. The Hall–Kier alpha value is -1.35. The van der Waals surface area contributed by atoms with Gasteiger partial charge in [0.2, 0.25) is 5.91 Å². The van der Waals surface area contributed by atoms with Crippen molar-refractivity contribution in [3.8, 4) is 0 Å². The number of hydrogen-bond acceptors (Lipinski definition) is 2. The molecule has 0 saturated heterocycles. The molecule has 0 heterocycles. The zero-order valence-electron chi connectivity index (χ0n) is 10.0. The molecule has 0 radical (unpaired) electrons. The minimum atomic E-state index is 0.0776. The summed E-state index contributed by atoms with van der Waals surface area (Å²) in [5, 5.41) is 5.84. The molecule has 2 N–H and O–H groups in total. The van der Waals surface area contributed by atoms with Gasteiger partial charge in [0, 0.05) is 26.6 Å². The number of benzene rings is 1. The molecule has 1 rings (SSSR count). The van der Waals surface area contributed by atoms with Crippen molar-refractivity contribution >= 4 is 5.91 Å². The fourth-order valence-electron chi connectivity index (χ4n) is 1.45. The standard InChI is InChI=1S/C13H20N2O/c1-3-11-4-6-12(7-5-11)10-15-9-8-13(16)14-2/h4-7,15H,3,8-10H2,1-2H3,(H,14,16). The molecule has 0 saturated carbocycles. The SMILES string of the molecule is CCc1ccc(CNCCC(=O)NC)cc1. The number of hydrogen-bond donors (Lipinski definition) is 2. The Morgan fingerprint density at radius 1 is 1.19 bits per heavy atom. The summed E-state index contributed by atoms with van der Waals surface area (Å²) < 4.78 is 0. The lowest BCUT2D eigenvalue weighted by molar-refractivity contribution is -0.120. The minimum absolute atomic E-state index is 0.0776. The van der Waals surface area contributed by atoms with Crippen LogP contribution in [0.2, 0.25) is 0 Å². The van der Waals surface area contributed by atoms with Crippen LogP contribution in [-0.4, -0.2) is 19.5 Å². The van der Waals surface area contributed by atoms with E-state index in [1.54, 1.807) is 7.05 Å². The lowest BCUT2D eigenvalue weighted by Crippen LogP contribution is -2.24. The Morgan fingerprint density at radius 3 is 2.38 bits per heavy atom. The van der Waals surface area contributed by atoms with Crippen molar-refractivity contribution < 1.29 is 4.79 Å². The summed E-state index contributed by atoms with van der Waals surface area (Å²) in [6.45, 7) is 3.69. The van der Waals surface area contributed by atoms with Crippen LogP contribution in [0.1, 0.15) is 24.5 Å². The highest BCUT2D eigenvalue weighted by molar-refractivity contribution is 5.75. The highest BCUT2D eigenvalue weighted by atomic mass is 16.1. The van der Waals surface area contributed by atoms with Crippen molar-refractivity contribution in [2.24, 2.45) is 0 Å². The molecule has 0 unspecified atom stereocenters. The summed E-state index contributed by atoms with van der Waals surface area (Å²) in [5.74, 6) is 0.0776. The first-order valence-corrected chi connectivity index (χ1v) is 5.75. The molecule has 0 spiro atoms. The number of rotatable bonds is 6. The van der Waals surface area contributed by atoms with Crippen molar-refractivity contribution in [1.82, 2.24) is 10.6 Å². The first-order chi connectivity index (χ1) is 7.76. The van der Waals surface area contributed by atoms with Crippen LogP contribution in [-0.2, 0) is 17.8 Å². The lowest BCUT2D eigenvalue weighted by atomic mass is 10.1. The van der Waals surface area contributed by atoms with Crippen LogP contribution in [0.5, 0.6) is 0 Å². The van der Waals surface area contributed by atoms with Crippen LogP contribution in [0.25, 0.3) is 0 Å². The Bertz CT molecular complexity index is 319. The third-order valence-corrected chi connectivity index (χ3v) is 2.57. The van der Waals surface area contributed by atoms with E-state index in [1.807, 2.05) is 0 Å². The van der Waals surface area contributed by atoms with Gasteiger partial charge in [0.25, 0.3) is 0 Å². The predicted molar refractivity (Wildman–Crippen MR) is 66.2 cm³/mol. The molecule has 0 aromatic heterocycles. The fraction of sp³-hybridized carbons (Fsp3) is 0.462. The molecule has 3 heteroatoms. The number of aryl methyl sites for hydroxylation is 1. The molecule has 1 amide bonds. The van der Waals surface area contributed by atoms with Gasteiger partial charge >= 0.3 is 0 Å². The predicted octanol–water partition coefficient (Wildman–Crippen LogP) is 1.47. The molecule has 16 heavy (non-hydrogen) atoms. The highest BCUT2D eigenvalue weighted by Gasteiger charge is 1.97. The monoisotopic (exact) mass is 220 g/mol. The van der Waals surface area contributed by atoms with E-state index >= 15 is 0 Å². The van der Waals surface area contributed by atoms with Gasteiger partial charge in [-0.3, -0.25) is 4.79 Å². The largest absolute Gasteiger partial charge is 0.359 e. The van der Waals surface area contributed by atoms with Crippen LogP contribution < -0.4 is 10.6 Å². The summed E-state index contributed by atoms with van der Waals surface area (Å²) in [6, 6.07) is 8.56. The zero-order valence-corrected chi connectivity index (χ0v) is 10.0. The van der Waals surface area contributed by atoms with E-state index in [2.05, 4.69) is 41.8 Å². The molecular weight excluding hydrogens is 200 g/mol. The summed E-state index contributed by atoms with van der Waals surface area (Å²) in [4.78, 5) is 11.0. The molecule has 88 valence electrons. The molecule has 3 nitrogen and oxygen atoms in total. The van der Waals surface area contributed by atoms with Crippen LogP contribution in [0.3, 0.4) is 0 Å². The smallest absolute Gasteiger partial charge is 0.221 e. The van der Waals surface area contributed by atoms with Gasteiger partial charge in [-0.1, -0.05) is 31.2 Å². The van der Waals surface area contributed by atoms with Gasteiger partial charge in [0.05, 0.1) is 0 Å². The Balaban J connectivity index is 2.24. The Kier molecular flexibility index (Phi) is 5.57. The highest BCUT2D eigenvalue weighted by Crippen LogP contribution is 2.04. The van der Waals surface area contributed by atoms with E-state index < -0.39 is 0 Å². The Labute approximate surface area is 97.2 Å². The molecule has 0 fully saturated rings. The van der Waals surface area contributed by atoms with Gasteiger partial charge < -0.3 is 10.6 Å². The summed E-state index contributed by atoms with van der Waals surface area (Å²) in [7, 11) is 1.66. The maximum Gasteiger partial charge on any atom is 0.221 e. The van der Waals surface area contributed by atoms with Crippen molar-refractivity contribution in [1.29, 1.82) is 0 Å². The van der Waals surface area contributed by atoms with Crippen molar-refractivity contribution in [3.63, 3.8) is 0 Å². The van der Waals surface area contributed by atoms with Gasteiger partial charge in [0.15, 0.2) is 0 Å². The molecule has 0 bridgehead atoms. The van der Waals surface area contributed by atoms with Gasteiger partial charge in [-0.05, 0) is 17.5 Å². The normalized spacial score (nSPS) is 10.1. The van der Waals surface area contributed by atoms with Gasteiger partial charge in [-0.25, -0.2) is 0 Å². The number of amides is 1. The second kappa shape index (κ2) is 7.01. The summed E-state index contributed by atoms with van der Waals surface area (Å²) in [6.07, 6.45) is 1.61. The molecular formula is C13H20N2O. The Morgan fingerprint density at radius 2 is 1.81 bits per heavy atom. The quantitative estimate of drug-likeness (QED) is 0.713. The molecule has 1 aromatic carbocycles. The molecule has 0 aliphatic rings. The van der Waals surface area contributed by atoms with Crippen LogP contribution in [0.15, 0.2) is 24.3 Å². The van der Waals surface area contributed by atoms with Gasteiger partial charge in [-0.2, -0.15) is 0 Å². The van der Waals surface area contributed by atoms with E-state index in [-0.39, 0.29) is 5.91 Å². The molecule has 1 aromatic rings. The second-order valence-corrected chi connectivity index (χ2v) is 3.77. The van der Waals surface area contributed by atoms with Crippen LogP contribution in [0.4, 0.5) is 0 Å². The van der Waals surface area contributed by atoms with E-state index in [0.717, 1.165) is 19.5 Å². The molecule has 0 atom stereocenters. The van der Waals surface area contributed by atoms with Gasteiger partial charge in [0.1, 0.15) is 0 Å². The minimum Gasteiger partial charge on any atom is -0.359 e. The van der Waals surface area contributed by atoms with E-state index in [1.165, 1.54) is 11.1 Å². The third-order valence-electron chi connectivity index (χ3n) is 2.57. The first-order valence-electron chi connectivity index (χ1n) is 5.75. The van der Waals surface area contributed by atoms with E-state index in [9.17, 15) is 4.79 Å². The average Bonchev–Trinajstić information content (AvgIpc) is 2.35. The van der Waals surface area contributed by atoms with Crippen molar-refractivity contribution in [3.05, 3.63) is 35.4 Å². The van der Waals surface area contributed by atoms with Crippen molar-refractivity contribution in [2.75, 3.05) is 13.6 Å². The fourth-order valence-corrected chi connectivity index (χ4v) is 1.45. The second-order valence-electron chi connectivity index (χ2n) is 3.77. The summed E-state index contributed by atoms with van der Waals surface area (Å²) in [5.41, 5.74) is 2.61. The lowest BCUT2D eigenvalue weighted by Gasteiger charge is -2.05. The van der Waals surface area contributed by atoms with E-state index in [0.29, 0.717) is 6.42 Å². The number of carbonyl (C=O) groups is 1. The number of carbonyl (C=O) groups excluding carboxylic acids is 1. The first kappa shape index (κ1) is 12.7. The topological polar surface area (TPSA) is 41.1 Å². The van der Waals surface area contributed by atoms with E-state index in [4.69, 9.17) is 0 Å².